The lowest BCUT2D eigenvalue weighted by Crippen LogP contribution is -2.16. The van der Waals surface area contributed by atoms with Crippen LogP contribution in [0.1, 0.15) is 63.0 Å². The van der Waals surface area contributed by atoms with E-state index in [9.17, 15) is 22.0 Å². The Morgan fingerprint density at radius 2 is 1.41 bits per heavy atom. The van der Waals surface area contributed by atoms with Gasteiger partial charge < -0.3 is 0 Å². The van der Waals surface area contributed by atoms with Gasteiger partial charge in [0.15, 0.2) is 0 Å². The molecule has 158 valence electrons. The molecule has 0 heterocycles. The van der Waals surface area contributed by atoms with E-state index in [2.05, 4.69) is 6.92 Å². The minimum atomic E-state index is -4.48. The summed E-state index contributed by atoms with van der Waals surface area (Å²) in [5.74, 6) is -0.238. The maximum absolute atomic E-state index is 14.6. The summed E-state index contributed by atoms with van der Waals surface area (Å²) in [6.45, 7) is 2.20. The molecule has 1 aliphatic carbocycles. The third-order valence-corrected chi connectivity index (χ3v) is 6.06. The van der Waals surface area contributed by atoms with Gasteiger partial charge in [-0.2, -0.15) is 13.2 Å². The average Bonchev–Trinajstić information content (AvgIpc) is 2.67. The Morgan fingerprint density at radius 3 is 1.93 bits per heavy atom. The van der Waals surface area contributed by atoms with Crippen molar-refractivity contribution in [3.05, 3.63) is 59.2 Å². The highest BCUT2D eigenvalue weighted by Crippen LogP contribution is 2.36. The molecule has 0 unspecified atom stereocenters. The van der Waals surface area contributed by atoms with E-state index in [0.29, 0.717) is 17.9 Å². The molecular formula is C24H27F5. The fourth-order valence-corrected chi connectivity index (χ4v) is 4.40. The molecule has 2 aromatic carbocycles. The number of hydrogen-bond acceptors (Lipinski definition) is 0. The second kappa shape index (κ2) is 9.27. The maximum atomic E-state index is 14.6. The summed E-state index contributed by atoms with van der Waals surface area (Å²) in [6, 6.07) is 6.58. The summed E-state index contributed by atoms with van der Waals surface area (Å²) in [4.78, 5) is 0. The van der Waals surface area contributed by atoms with Crippen molar-refractivity contribution in [2.24, 2.45) is 11.8 Å². The topological polar surface area (TPSA) is 0 Å². The molecule has 1 aliphatic rings. The summed E-state index contributed by atoms with van der Waals surface area (Å²) in [6.07, 6.45) is 4.43. The Hall–Kier alpha value is -1.91. The van der Waals surface area contributed by atoms with Crippen LogP contribution in [0.2, 0.25) is 0 Å². The molecule has 3 rings (SSSR count). The molecule has 1 saturated carbocycles. The van der Waals surface area contributed by atoms with Crippen LogP contribution in [-0.2, 0) is 12.6 Å². The molecule has 29 heavy (non-hydrogen) atoms. The lowest BCUT2D eigenvalue weighted by molar-refractivity contribution is -0.137. The molecule has 2 aromatic rings. The van der Waals surface area contributed by atoms with Crippen LogP contribution in [-0.4, -0.2) is 0 Å². The SMILES string of the molecule is CCCCC1CCC(Cc2cc(F)c(-c3ccc(C(F)(F)F)cc3)c(F)c2)CC1. The largest absolute Gasteiger partial charge is 0.416 e. The van der Waals surface area contributed by atoms with Gasteiger partial charge in [0.05, 0.1) is 11.1 Å². The molecule has 0 spiro atoms. The molecule has 0 atom stereocenters. The molecular weight excluding hydrogens is 383 g/mol. The zero-order chi connectivity index (χ0) is 21.0. The summed E-state index contributed by atoms with van der Waals surface area (Å²) in [5, 5.41) is 0. The Balaban J connectivity index is 1.68. The van der Waals surface area contributed by atoms with Crippen molar-refractivity contribution in [3.8, 4) is 11.1 Å². The number of hydrogen-bond donors (Lipinski definition) is 0. The van der Waals surface area contributed by atoms with Gasteiger partial charge in [0.2, 0.25) is 0 Å². The predicted octanol–water partition coefficient (Wildman–Crippen LogP) is 8.19. The quantitative estimate of drug-likeness (QED) is 0.421. The number of halogens is 5. The van der Waals surface area contributed by atoms with Gasteiger partial charge in [0, 0.05) is 0 Å². The minimum Gasteiger partial charge on any atom is -0.206 e. The number of benzene rings is 2. The van der Waals surface area contributed by atoms with Crippen molar-refractivity contribution in [2.75, 3.05) is 0 Å². The fourth-order valence-electron chi connectivity index (χ4n) is 4.40. The van der Waals surface area contributed by atoms with E-state index in [1.165, 1.54) is 44.2 Å². The lowest BCUT2D eigenvalue weighted by Gasteiger charge is -2.28. The van der Waals surface area contributed by atoms with Gasteiger partial charge in [-0.15, -0.1) is 0 Å². The molecule has 0 nitrogen and oxygen atoms in total. The summed E-state index contributed by atoms with van der Waals surface area (Å²) < 4.78 is 67.3. The van der Waals surface area contributed by atoms with E-state index in [1.807, 2.05) is 0 Å². The van der Waals surface area contributed by atoms with Crippen molar-refractivity contribution in [3.63, 3.8) is 0 Å². The molecule has 0 bridgehead atoms. The smallest absolute Gasteiger partial charge is 0.206 e. The standard InChI is InChI=1S/C24H27F5/c1-2-3-4-16-5-7-17(8-6-16)13-18-14-21(25)23(22(26)15-18)19-9-11-20(12-10-19)24(27,28)29/h9-12,14-17H,2-8,13H2,1H3. The van der Waals surface area contributed by atoms with Crippen molar-refractivity contribution >= 4 is 0 Å². The van der Waals surface area contributed by atoms with Crippen LogP contribution >= 0.6 is 0 Å². The normalized spacial score (nSPS) is 20.1. The van der Waals surface area contributed by atoms with Crippen LogP contribution in [0.5, 0.6) is 0 Å². The minimum absolute atomic E-state index is 0.107. The first-order valence-electron chi connectivity index (χ1n) is 10.4. The van der Waals surface area contributed by atoms with Crippen LogP contribution in [0.15, 0.2) is 36.4 Å². The molecule has 0 radical (unpaired) electrons. The first kappa shape index (κ1) is 21.8. The highest BCUT2D eigenvalue weighted by Gasteiger charge is 2.30. The first-order valence-corrected chi connectivity index (χ1v) is 10.4. The van der Waals surface area contributed by atoms with Crippen LogP contribution in [0.3, 0.4) is 0 Å². The van der Waals surface area contributed by atoms with Crippen molar-refractivity contribution < 1.29 is 22.0 Å². The lowest BCUT2D eigenvalue weighted by atomic mass is 9.77. The van der Waals surface area contributed by atoms with Crippen LogP contribution in [0.25, 0.3) is 11.1 Å². The van der Waals surface area contributed by atoms with Gasteiger partial charge in [-0.25, -0.2) is 8.78 Å². The van der Waals surface area contributed by atoms with E-state index >= 15 is 0 Å². The molecule has 0 aromatic heterocycles. The first-order chi connectivity index (χ1) is 13.8. The van der Waals surface area contributed by atoms with E-state index in [-0.39, 0.29) is 11.1 Å². The highest BCUT2D eigenvalue weighted by atomic mass is 19.4. The Morgan fingerprint density at radius 1 is 0.862 bits per heavy atom. The van der Waals surface area contributed by atoms with Gasteiger partial charge in [-0.1, -0.05) is 51.2 Å². The summed E-state index contributed by atoms with van der Waals surface area (Å²) >= 11 is 0. The predicted molar refractivity (Wildman–Crippen MR) is 105 cm³/mol. The van der Waals surface area contributed by atoms with E-state index in [0.717, 1.165) is 43.0 Å². The van der Waals surface area contributed by atoms with Gasteiger partial charge in [-0.3, -0.25) is 0 Å². The number of rotatable bonds is 6. The Labute approximate surface area is 169 Å². The third kappa shape index (κ3) is 5.58. The zero-order valence-corrected chi connectivity index (χ0v) is 16.7. The Bertz CT molecular complexity index is 776. The average molecular weight is 410 g/mol. The molecule has 5 heteroatoms. The molecule has 0 aliphatic heterocycles. The number of unbranched alkanes of at least 4 members (excludes halogenated alkanes) is 1. The molecule has 0 amide bonds. The number of alkyl halides is 3. The van der Waals surface area contributed by atoms with E-state index < -0.39 is 23.4 Å². The monoisotopic (exact) mass is 410 g/mol. The van der Waals surface area contributed by atoms with E-state index in [4.69, 9.17) is 0 Å². The second-order valence-corrected chi connectivity index (χ2v) is 8.24. The molecule has 0 N–H and O–H groups in total. The van der Waals surface area contributed by atoms with Crippen LogP contribution < -0.4 is 0 Å². The molecule has 1 fully saturated rings. The van der Waals surface area contributed by atoms with Crippen LogP contribution in [0.4, 0.5) is 22.0 Å². The maximum Gasteiger partial charge on any atom is 0.416 e. The van der Waals surface area contributed by atoms with Gasteiger partial charge in [-0.05, 0) is 66.5 Å². The molecule has 0 saturated heterocycles. The summed E-state index contributed by atoms with van der Waals surface area (Å²) in [7, 11) is 0. The zero-order valence-electron chi connectivity index (χ0n) is 16.7. The highest BCUT2D eigenvalue weighted by molar-refractivity contribution is 5.65. The fraction of sp³-hybridized carbons (Fsp3) is 0.500. The Kier molecular flexibility index (Phi) is 6.97. The van der Waals surface area contributed by atoms with Crippen molar-refractivity contribution in [1.82, 2.24) is 0 Å². The van der Waals surface area contributed by atoms with Crippen molar-refractivity contribution in [1.29, 1.82) is 0 Å². The third-order valence-electron chi connectivity index (χ3n) is 6.06. The summed E-state index contributed by atoms with van der Waals surface area (Å²) in [5.41, 5.74) is -0.386. The van der Waals surface area contributed by atoms with Crippen LogP contribution in [0, 0.1) is 23.5 Å². The second-order valence-electron chi connectivity index (χ2n) is 8.24. The van der Waals surface area contributed by atoms with Gasteiger partial charge in [0.1, 0.15) is 11.6 Å². The van der Waals surface area contributed by atoms with E-state index in [1.54, 1.807) is 0 Å². The van der Waals surface area contributed by atoms with Gasteiger partial charge >= 0.3 is 6.18 Å². The van der Waals surface area contributed by atoms with Crippen molar-refractivity contribution in [2.45, 2.75) is 64.5 Å². The van der Waals surface area contributed by atoms with Gasteiger partial charge in [0.25, 0.3) is 0 Å².